The molecule has 8 nitrogen and oxygen atoms in total. The minimum absolute atomic E-state index is 0.0703. The minimum atomic E-state index is -0.321. The quantitative estimate of drug-likeness (QED) is 0.325. The van der Waals surface area contributed by atoms with E-state index in [1.54, 1.807) is 11.0 Å². The number of rotatable bonds is 12. The number of amides is 1. The Balaban J connectivity index is 1.35. The van der Waals surface area contributed by atoms with Crippen LogP contribution in [0.25, 0.3) is 0 Å². The number of esters is 1. The second kappa shape index (κ2) is 9.64. The van der Waals surface area contributed by atoms with E-state index in [-0.39, 0.29) is 22.8 Å². The summed E-state index contributed by atoms with van der Waals surface area (Å²) >= 11 is 0. The number of unbranched alkanes of at least 4 members (excludes halogenated alkanes) is 2. The largest absolute Gasteiger partial charge is 0.478 e. The average molecular weight is 494 g/mol. The molecule has 0 saturated heterocycles. The lowest BCUT2D eigenvalue weighted by atomic mass is 9.39. The van der Waals surface area contributed by atoms with Crippen molar-refractivity contribution >= 4 is 23.3 Å². The fraction of sp³-hybridized carbons (Fsp3) is 0.536. The number of nitrogens with zero attached hydrogens (tertiary/aromatic N) is 2. The maximum Gasteiger partial charge on any atom is 0.312 e. The van der Waals surface area contributed by atoms with Gasteiger partial charge < -0.3 is 19.5 Å². The predicted octanol–water partition coefficient (Wildman–Crippen LogP) is 5.11. The van der Waals surface area contributed by atoms with Crippen molar-refractivity contribution in [1.82, 2.24) is 4.98 Å². The normalized spacial score (nSPS) is 23.4. The number of ether oxygens (including phenoxy) is 3. The Morgan fingerprint density at radius 2 is 1.78 bits per heavy atom. The van der Waals surface area contributed by atoms with Crippen molar-refractivity contribution in [2.45, 2.75) is 70.9 Å². The van der Waals surface area contributed by atoms with Crippen molar-refractivity contribution in [3.8, 4) is 11.8 Å². The molecule has 192 valence electrons. The number of carbonyl (C=O) groups is 2. The molecule has 8 heteroatoms. The van der Waals surface area contributed by atoms with E-state index in [4.69, 9.17) is 14.2 Å². The van der Waals surface area contributed by atoms with E-state index in [0.717, 1.165) is 56.2 Å². The maximum atomic E-state index is 13.5. The molecule has 0 unspecified atom stereocenters. The van der Waals surface area contributed by atoms with Crippen LogP contribution in [-0.4, -0.2) is 42.7 Å². The molecule has 1 aromatic heterocycles. The van der Waals surface area contributed by atoms with Crippen molar-refractivity contribution < 1.29 is 23.8 Å². The van der Waals surface area contributed by atoms with Crippen LogP contribution in [0, 0.1) is 5.41 Å². The molecule has 1 aliphatic heterocycles. The molecule has 0 radical (unpaired) electrons. The lowest BCUT2D eigenvalue weighted by Crippen LogP contribution is -2.73. The summed E-state index contributed by atoms with van der Waals surface area (Å²) < 4.78 is 16.8. The fourth-order valence-corrected chi connectivity index (χ4v) is 5.73. The molecule has 1 N–H and O–H groups in total. The Morgan fingerprint density at radius 1 is 1.06 bits per heavy atom. The average Bonchev–Trinajstić information content (AvgIpc) is 3.17. The van der Waals surface area contributed by atoms with Gasteiger partial charge in [-0.2, -0.15) is 4.98 Å². The van der Waals surface area contributed by atoms with Gasteiger partial charge in [-0.15, -0.1) is 0 Å². The zero-order chi connectivity index (χ0) is 25.3. The van der Waals surface area contributed by atoms with Gasteiger partial charge in [0.25, 0.3) is 5.91 Å². The van der Waals surface area contributed by atoms with Crippen molar-refractivity contribution in [3.05, 3.63) is 41.5 Å². The molecule has 2 aromatic rings. The lowest BCUT2D eigenvalue weighted by Gasteiger charge is -2.68. The highest BCUT2D eigenvalue weighted by molar-refractivity contribution is 6.11. The number of benzene rings is 1. The van der Waals surface area contributed by atoms with E-state index in [0.29, 0.717) is 42.8 Å². The first kappa shape index (κ1) is 24.4. The van der Waals surface area contributed by atoms with Gasteiger partial charge in [0.2, 0.25) is 11.8 Å². The number of fused-ring (bicyclic) bond motifs is 1. The number of pyridine rings is 1. The van der Waals surface area contributed by atoms with Crippen LogP contribution in [0.5, 0.6) is 11.8 Å². The molecule has 3 saturated carbocycles. The van der Waals surface area contributed by atoms with Gasteiger partial charge >= 0.3 is 5.97 Å². The maximum absolute atomic E-state index is 13.5. The molecule has 0 spiro atoms. The number of hydrogen-bond acceptors (Lipinski definition) is 7. The topological polar surface area (TPSA) is 90.0 Å². The molecule has 2 bridgehead atoms. The molecule has 1 amide bonds. The summed E-state index contributed by atoms with van der Waals surface area (Å²) in [7, 11) is 1.45. The summed E-state index contributed by atoms with van der Waals surface area (Å²) in [5.41, 5.74) is 2.82. The summed E-state index contributed by atoms with van der Waals surface area (Å²) in [5.74, 6) is 0.746. The van der Waals surface area contributed by atoms with Crippen LogP contribution in [0.15, 0.2) is 30.3 Å². The standard InChI is InChI=1S/C28H35N3O5/c1-4-6-13-35-23-12-11-22(24(29-23)36-14-7-5-2)31-15-20-19(25(31)32)9-8-10-21(20)30-28-16-27(17-28,18-28)26(33)34-3/h8-12,30H,4-7,13-18H2,1-3H3. The van der Waals surface area contributed by atoms with Crippen LogP contribution in [0.4, 0.5) is 11.4 Å². The van der Waals surface area contributed by atoms with E-state index < -0.39 is 0 Å². The number of anilines is 2. The van der Waals surface area contributed by atoms with Gasteiger partial charge in [0.1, 0.15) is 5.69 Å². The van der Waals surface area contributed by atoms with Crippen molar-refractivity contribution in [2.75, 3.05) is 30.5 Å². The Kier molecular flexibility index (Phi) is 6.53. The minimum Gasteiger partial charge on any atom is -0.478 e. The molecule has 0 atom stereocenters. The third kappa shape index (κ3) is 4.16. The molecule has 3 aliphatic carbocycles. The zero-order valence-electron chi connectivity index (χ0n) is 21.4. The van der Waals surface area contributed by atoms with Gasteiger partial charge in [-0.25, -0.2) is 0 Å². The predicted molar refractivity (Wildman–Crippen MR) is 137 cm³/mol. The van der Waals surface area contributed by atoms with Crippen molar-refractivity contribution in [3.63, 3.8) is 0 Å². The first-order valence-corrected chi connectivity index (χ1v) is 13.0. The molecule has 36 heavy (non-hydrogen) atoms. The van der Waals surface area contributed by atoms with Gasteiger partial charge in [-0.05, 0) is 50.3 Å². The van der Waals surface area contributed by atoms with E-state index >= 15 is 0 Å². The van der Waals surface area contributed by atoms with Crippen molar-refractivity contribution in [2.24, 2.45) is 5.41 Å². The highest BCUT2D eigenvalue weighted by Crippen LogP contribution is 2.69. The van der Waals surface area contributed by atoms with Crippen LogP contribution in [0.1, 0.15) is 74.7 Å². The van der Waals surface area contributed by atoms with E-state index in [9.17, 15) is 9.59 Å². The van der Waals surface area contributed by atoms with Crippen LogP contribution < -0.4 is 19.7 Å². The summed E-state index contributed by atoms with van der Waals surface area (Å²) in [5, 5.41) is 3.66. The van der Waals surface area contributed by atoms with Crippen LogP contribution in [0.2, 0.25) is 0 Å². The highest BCUT2D eigenvalue weighted by atomic mass is 16.5. The van der Waals surface area contributed by atoms with E-state index in [1.165, 1.54) is 7.11 Å². The fourth-order valence-electron chi connectivity index (χ4n) is 5.73. The van der Waals surface area contributed by atoms with Crippen LogP contribution in [-0.2, 0) is 16.1 Å². The first-order valence-electron chi connectivity index (χ1n) is 13.0. The summed E-state index contributed by atoms with van der Waals surface area (Å²) in [4.78, 5) is 31.9. The monoisotopic (exact) mass is 493 g/mol. The Morgan fingerprint density at radius 3 is 2.47 bits per heavy atom. The van der Waals surface area contributed by atoms with E-state index in [1.807, 2.05) is 24.3 Å². The molecule has 6 rings (SSSR count). The molecule has 2 heterocycles. The van der Waals surface area contributed by atoms with Crippen LogP contribution in [0.3, 0.4) is 0 Å². The number of hydrogen-bond donors (Lipinski definition) is 1. The summed E-state index contributed by atoms with van der Waals surface area (Å²) in [6.45, 7) is 5.78. The SMILES string of the molecule is CCCCOc1ccc(N2Cc3c(NC45CC(C(=O)OC)(C4)C5)cccc3C2=O)c(OCCCC)n1. The number of carbonyl (C=O) groups excluding carboxylic acids is 2. The van der Waals surface area contributed by atoms with E-state index in [2.05, 4.69) is 24.1 Å². The van der Waals surface area contributed by atoms with Gasteiger partial charge in [0, 0.05) is 28.4 Å². The molecular formula is C28H35N3O5. The van der Waals surface area contributed by atoms with Gasteiger partial charge in [0.15, 0.2) is 0 Å². The molecule has 3 fully saturated rings. The Bertz CT molecular complexity index is 1140. The third-order valence-electron chi connectivity index (χ3n) is 7.61. The zero-order valence-corrected chi connectivity index (χ0v) is 21.4. The van der Waals surface area contributed by atoms with Crippen LogP contribution >= 0.6 is 0 Å². The van der Waals surface area contributed by atoms with Gasteiger partial charge in [-0.1, -0.05) is 32.8 Å². The summed E-state index contributed by atoms with van der Waals surface area (Å²) in [6, 6.07) is 9.47. The molecule has 4 aliphatic rings. The number of nitrogens with one attached hydrogen (secondary N) is 1. The first-order chi connectivity index (χ1) is 17.4. The lowest BCUT2D eigenvalue weighted by molar-refractivity contribution is -0.190. The summed E-state index contributed by atoms with van der Waals surface area (Å²) in [6.07, 6.45) is 6.21. The van der Waals surface area contributed by atoms with Crippen molar-refractivity contribution in [1.29, 1.82) is 0 Å². The Labute approximate surface area is 212 Å². The van der Waals surface area contributed by atoms with Gasteiger partial charge in [-0.3, -0.25) is 14.5 Å². The second-order valence-electron chi connectivity index (χ2n) is 10.3. The van der Waals surface area contributed by atoms with Gasteiger partial charge in [0.05, 0.1) is 32.3 Å². The Hall–Kier alpha value is -3.29. The molecule has 1 aromatic carbocycles. The number of aromatic nitrogens is 1. The second-order valence-corrected chi connectivity index (χ2v) is 10.3. The highest BCUT2D eigenvalue weighted by Gasteiger charge is 2.72. The third-order valence-corrected chi connectivity index (χ3v) is 7.61. The smallest absolute Gasteiger partial charge is 0.312 e. The molecular weight excluding hydrogens is 458 g/mol. The number of methoxy groups -OCH3 is 1.